The van der Waals surface area contributed by atoms with E-state index in [0.29, 0.717) is 5.02 Å². The highest BCUT2D eigenvalue weighted by Crippen LogP contribution is 2.26. The minimum absolute atomic E-state index is 0.469. The molecule has 1 heterocycles. The number of hydrogen-bond donors (Lipinski definition) is 1. The monoisotopic (exact) mass is 269 g/mol. The predicted octanol–water partition coefficient (Wildman–Crippen LogP) is 3.11. The standard InChI is InChI=1S/C12H16ClN3S/c1-3-16-12(2,9-14)6-8-17-11-10(13)5-4-7-15-11/h4-5,7,16H,3,6,8H2,1-2H3. The number of rotatable bonds is 6. The number of hydrogen-bond acceptors (Lipinski definition) is 4. The van der Waals surface area contributed by atoms with Gasteiger partial charge >= 0.3 is 0 Å². The van der Waals surface area contributed by atoms with Gasteiger partial charge in [-0.05, 0) is 32.0 Å². The van der Waals surface area contributed by atoms with E-state index in [1.165, 1.54) is 0 Å². The zero-order valence-electron chi connectivity index (χ0n) is 10.0. The van der Waals surface area contributed by atoms with Gasteiger partial charge in [0, 0.05) is 11.9 Å². The fourth-order valence-electron chi connectivity index (χ4n) is 1.40. The lowest BCUT2D eigenvalue weighted by molar-refractivity contribution is 0.450. The molecule has 1 atom stereocenters. The molecule has 17 heavy (non-hydrogen) atoms. The van der Waals surface area contributed by atoms with Crippen molar-refractivity contribution in [2.45, 2.75) is 30.8 Å². The summed E-state index contributed by atoms with van der Waals surface area (Å²) in [6, 6.07) is 5.94. The molecule has 0 fully saturated rings. The lowest BCUT2D eigenvalue weighted by Gasteiger charge is -2.21. The summed E-state index contributed by atoms with van der Waals surface area (Å²) in [7, 11) is 0. The van der Waals surface area contributed by atoms with Crippen molar-refractivity contribution < 1.29 is 0 Å². The molecule has 0 saturated carbocycles. The Kier molecular flexibility index (Phi) is 5.76. The molecule has 0 aliphatic heterocycles. The van der Waals surface area contributed by atoms with E-state index in [2.05, 4.69) is 16.4 Å². The molecule has 1 aromatic rings. The van der Waals surface area contributed by atoms with E-state index >= 15 is 0 Å². The van der Waals surface area contributed by atoms with Crippen LogP contribution in [0.15, 0.2) is 23.4 Å². The van der Waals surface area contributed by atoms with E-state index in [1.807, 2.05) is 26.0 Å². The molecule has 0 aromatic carbocycles. The van der Waals surface area contributed by atoms with Gasteiger partial charge in [0.15, 0.2) is 0 Å². The maximum atomic E-state index is 9.10. The van der Waals surface area contributed by atoms with Crippen molar-refractivity contribution in [1.82, 2.24) is 10.3 Å². The van der Waals surface area contributed by atoms with Gasteiger partial charge < -0.3 is 0 Å². The van der Waals surface area contributed by atoms with Crippen LogP contribution in [-0.2, 0) is 0 Å². The molecule has 0 bridgehead atoms. The summed E-state index contributed by atoms with van der Waals surface area (Å²) in [6.07, 6.45) is 2.48. The van der Waals surface area contributed by atoms with Crippen LogP contribution >= 0.6 is 23.4 Å². The van der Waals surface area contributed by atoms with E-state index in [9.17, 15) is 0 Å². The number of nitrogens with zero attached hydrogens (tertiary/aromatic N) is 2. The maximum Gasteiger partial charge on any atom is 0.115 e. The van der Waals surface area contributed by atoms with Crippen molar-refractivity contribution in [2.24, 2.45) is 0 Å². The predicted molar refractivity (Wildman–Crippen MR) is 72.3 cm³/mol. The first kappa shape index (κ1) is 14.3. The van der Waals surface area contributed by atoms with Crippen LogP contribution < -0.4 is 5.32 Å². The molecule has 1 rings (SSSR count). The molecule has 3 nitrogen and oxygen atoms in total. The second kappa shape index (κ2) is 6.85. The minimum Gasteiger partial charge on any atom is -0.300 e. The largest absolute Gasteiger partial charge is 0.300 e. The fraction of sp³-hybridized carbons (Fsp3) is 0.500. The van der Waals surface area contributed by atoms with Gasteiger partial charge in [-0.25, -0.2) is 4.98 Å². The average Bonchev–Trinajstić information content (AvgIpc) is 2.32. The Balaban J connectivity index is 2.48. The Morgan fingerprint density at radius 1 is 1.65 bits per heavy atom. The van der Waals surface area contributed by atoms with Crippen LogP contribution in [-0.4, -0.2) is 22.8 Å². The van der Waals surface area contributed by atoms with Crippen LogP contribution in [0.2, 0.25) is 5.02 Å². The molecule has 1 unspecified atom stereocenters. The summed E-state index contributed by atoms with van der Waals surface area (Å²) in [5.74, 6) is 0.813. The first-order chi connectivity index (χ1) is 8.11. The van der Waals surface area contributed by atoms with Crippen molar-refractivity contribution in [3.63, 3.8) is 0 Å². The van der Waals surface area contributed by atoms with Crippen molar-refractivity contribution in [1.29, 1.82) is 5.26 Å². The van der Waals surface area contributed by atoms with Gasteiger partial charge in [0.25, 0.3) is 0 Å². The fourth-order valence-corrected chi connectivity index (χ4v) is 2.73. The third kappa shape index (κ3) is 4.55. The normalized spacial score (nSPS) is 14.0. The summed E-state index contributed by atoms with van der Waals surface area (Å²) in [4.78, 5) is 4.20. The lowest BCUT2D eigenvalue weighted by atomic mass is 10.0. The van der Waals surface area contributed by atoms with Gasteiger partial charge in [0.1, 0.15) is 10.6 Å². The number of nitriles is 1. The molecule has 0 aliphatic rings. The SMILES string of the molecule is CCNC(C)(C#N)CCSc1ncccc1Cl. The van der Waals surface area contributed by atoms with Crippen LogP contribution in [0.1, 0.15) is 20.3 Å². The molecule has 0 saturated heterocycles. The number of halogens is 1. The summed E-state index contributed by atoms with van der Waals surface area (Å²) < 4.78 is 0. The summed E-state index contributed by atoms with van der Waals surface area (Å²) in [5, 5.41) is 13.8. The second-order valence-corrected chi connectivity index (χ2v) is 5.35. The number of pyridine rings is 1. The third-order valence-corrected chi connectivity index (χ3v) is 3.80. The highest BCUT2D eigenvalue weighted by atomic mass is 35.5. The van der Waals surface area contributed by atoms with Gasteiger partial charge in [-0.1, -0.05) is 18.5 Å². The van der Waals surface area contributed by atoms with Gasteiger partial charge in [-0.15, -0.1) is 11.8 Å². The van der Waals surface area contributed by atoms with E-state index in [-0.39, 0.29) is 0 Å². The Labute approximate surface area is 112 Å². The molecule has 5 heteroatoms. The zero-order chi connectivity index (χ0) is 12.7. The highest BCUT2D eigenvalue weighted by Gasteiger charge is 2.21. The molecule has 1 N–H and O–H groups in total. The molecule has 0 aliphatic carbocycles. The zero-order valence-corrected chi connectivity index (χ0v) is 11.6. The molecular formula is C12H16ClN3S. The van der Waals surface area contributed by atoms with Crippen LogP contribution in [0, 0.1) is 11.3 Å². The van der Waals surface area contributed by atoms with Gasteiger partial charge in [-0.3, -0.25) is 5.32 Å². The molecule has 0 radical (unpaired) electrons. The minimum atomic E-state index is -0.469. The lowest BCUT2D eigenvalue weighted by Crippen LogP contribution is -2.41. The third-order valence-electron chi connectivity index (χ3n) is 2.38. The van der Waals surface area contributed by atoms with E-state index in [4.69, 9.17) is 16.9 Å². The quantitative estimate of drug-likeness (QED) is 0.806. The van der Waals surface area contributed by atoms with Crippen LogP contribution in [0.3, 0.4) is 0 Å². The summed E-state index contributed by atoms with van der Waals surface area (Å²) >= 11 is 7.59. The highest BCUT2D eigenvalue weighted by molar-refractivity contribution is 7.99. The average molecular weight is 270 g/mol. The first-order valence-electron chi connectivity index (χ1n) is 5.51. The molecule has 0 spiro atoms. The van der Waals surface area contributed by atoms with Crippen molar-refractivity contribution >= 4 is 23.4 Å². The van der Waals surface area contributed by atoms with Crippen molar-refractivity contribution in [3.05, 3.63) is 23.4 Å². The van der Waals surface area contributed by atoms with E-state index < -0.39 is 5.54 Å². The molecular weight excluding hydrogens is 254 g/mol. The molecule has 1 aromatic heterocycles. The number of aromatic nitrogens is 1. The van der Waals surface area contributed by atoms with Crippen LogP contribution in [0.25, 0.3) is 0 Å². The summed E-state index contributed by atoms with van der Waals surface area (Å²) in [5.41, 5.74) is -0.469. The van der Waals surface area contributed by atoms with Gasteiger partial charge in [0.2, 0.25) is 0 Å². The van der Waals surface area contributed by atoms with Crippen LogP contribution in [0.5, 0.6) is 0 Å². The maximum absolute atomic E-state index is 9.10. The van der Waals surface area contributed by atoms with Crippen molar-refractivity contribution in [2.75, 3.05) is 12.3 Å². The smallest absolute Gasteiger partial charge is 0.115 e. The van der Waals surface area contributed by atoms with Crippen LogP contribution in [0.4, 0.5) is 0 Å². The Morgan fingerprint density at radius 3 is 3.00 bits per heavy atom. The Morgan fingerprint density at radius 2 is 2.41 bits per heavy atom. The first-order valence-corrected chi connectivity index (χ1v) is 6.87. The van der Waals surface area contributed by atoms with Crippen molar-refractivity contribution in [3.8, 4) is 6.07 Å². The second-order valence-electron chi connectivity index (χ2n) is 3.86. The van der Waals surface area contributed by atoms with Gasteiger partial charge in [-0.2, -0.15) is 5.26 Å². The molecule has 92 valence electrons. The summed E-state index contributed by atoms with van der Waals surface area (Å²) in [6.45, 7) is 4.70. The van der Waals surface area contributed by atoms with E-state index in [1.54, 1.807) is 18.0 Å². The van der Waals surface area contributed by atoms with E-state index in [0.717, 1.165) is 23.7 Å². The molecule has 0 amide bonds. The Hall–Kier alpha value is -0.760. The topological polar surface area (TPSA) is 48.7 Å². The Bertz CT molecular complexity index is 405. The van der Waals surface area contributed by atoms with Gasteiger partial charge in [0.05, 0.1) is 11.1 Å². The number of thioether (sulfide) groups is 1. The number of nitrogens with one attached hydrogen (secondary N) is 1.